The molecule has 156 valence electrons. The molecule has 0 atom stereocenters. The highest BCUT2D eigenvalue weighted by atomic mass is 32.1. The fourth-order valence-corrected chi connectivity index (χ4v) is 4.42. The minimum Gasteiger partial charge on any atom is -0.488 e. The van der Waals surface area contributed by atoms with E-state index in [2.05, 4.69) is 0 Å². The maximum absolute atomic E-state index is 13.9. The van der Waals surface area contributed by atoms with Crippen LogP contribution in [-0.4, -0.2) is 33.9 Å². The number of likely N-dealkylation sites (N-methyl/N-ethyl adjacent to an activating group) is 1. The summed E-state index contributed by atoms with van der Waals surface area (Å²) in [6.45, 7) is 0.114. The summed E-state index contributed by atoms with van der Waals surface area (Å²) >= 11 is 5.59. The molecule has 0 radical (unpaired) electrons. The number of para-hydroxylation sites is 1. The number of carbonyl (C=O) groups excluding carboxylic acids is 1. The van der Waals surface area contributed by atoms with Gasteiger partial charge in [-0.1, -0.05) is 55.7 Å². The van der Waals surface area contributed by atoms with E-state index in [1.54, 1.807) is 28.0 Å². The Kier molecular flexibility index (Phi) is 6.13. The van der Waals surface area contributed by atoms with Crippen LogP contribution in [0.4, 0.5) is 4.39 Å². The van der Waals surface area contributed by atoms with Gasteiger partial charge < -0.3 is 9.64 Å². The van der Waals surface area contributed by atoms with E-state index in [4.69, 9.17) is 17.0 Å². The molecule has 2 aromatic rings. The molecule has 1 amide bonds. The number of rotatable bonds is 5. The zero-order chi connectivity index (χ0) is 21.1. The summed E-state index contributed by atoms with van der Waals surface area (Å²) in [5.41, 5.74) is 1.78. The van der Waals surface area contributed by atoms with Crippen LogP contribution in [0.25, 0.3) is 6.08 Å². The molecule has 30 heavy (non-hydrogen) atoms. The van der Waals surface area contributed by atoms with Crippen molar-refractivity contribution < 1.29 is 13.9 Å². The van der Waals surface area contributed by atoms with Gasteiger partial charge in [0.2, 0.25) is 0 Å². The smallest absolute Gasteiger partial charge is 0.277 e. The monoisotopic (exact) mass is 424 g/mol. The lowest BCUT2D eigenvalue weighted by molar-refractivity contribution is -0.124. The Bertz CT molecular complexity index is 985. The lowest BCUT2D eigenvalue weighted by atomic mass is 9.94. The average Bonchev–Trinajstić information content (AvgIpc) is 2.98. The first-order chi connectivity index (χ1) is 14.6. The first-order valence-electron chi connectivity index (χ1n) is 10.3. The number of carbonyl (C=O) groups is 1. The predicted molar refractivity (Wildman–Crippen MR) is 119 cm³/mol. The third-order valence-corrected chi connectivity index (χ3v) is 6.25. The maximum Gasteiger partial charge on any atom is 0.277 e. The maximum atomic E-state index is 13.9. The summed E-state index contributed by atoms with van der Waals surface area (Å²) in [5, 5.41) is 0.558. The molecule has 0 spiro atoms. The largest absolute Gasteiger partial charge is 0.488 e. The van der Waals surface area contributed by atoms with Crippen LogP contribution in [0.5, 0.6) is 5.75 Å². The second-order valence-corrected chi connectivity index (χ2v) is 8.12. The van der Waals surface area contributed by atoms with Crippen molar-refractivity contribution in [3.05, 3.63) is 71.2 Å². The van der Waals surface area contributed by atoms with Crippen molar-refractivity contribution in [2.75, 3.05) is 7.05 Å². The molecule has 1 aliphatic heterocycles. The van der Waals surface area contributed by atoms with Crippen LogP contribution in [0.1, 0.15) is 43.2 Å². The molecule has 0 aromatic heterocycles. The van der Waals surface area contributed by atoms with Crippen molar-refractivity contribution in [2.45, 2.75) is 44.8 Å². The standard InChI is InChI=1S/C24H25FN2O2S/c1-26-21(23(28)27(24(26)30)19-11-3-2-4-12-19)15-17-9-6-8-14-22(17)29-16-18-10-5-7-13-20(18)25/h5-10,13-15,19H,2-4,11-12,16H2,1H3/b21-15-. The van der Waals surface area contributed by atoms with Gasteiger partial charge in [0.15, 0.2) is 5.11 Å². The van der Waals surface area contributed by atoms with E-state index >= 15 is 0 Å². The van der Waals surface area contributed by atoms with Crippen LogP contribution in [0.3, 0.4) is 0 Å². The Labute approximate surface area is 181 Å². The van der Waals surface area contributed by atoms with E-state index in [0.717, 1.165) is 31.2 Å². The molecule has 4 rings (SSSR count). The van der Waals surface area contributed by atoms with Crippen LogP contribution in [0, 0.1) is 5.82 Å². The van der Waals surface area contributed by atoms with Gasteiger partial charge in [-0.15, -0.1) is 0 Å². The highest BCUT2D eigenvalue weighted by Gasteiger charge is 2.40. The molecule has 4 nitrogen and oxygen atoms in total. The van der Waals surface area contributed by atoms with Crippen LogP contribution in [-0.2, 0) is 11.4 Å². The van der Waals surface area contributed by atoms with Gasteiger partial charge in [-0.2, -0.15) is 0 Å². The van der Waals surface area contributed by atoms with Crippen LogP contribution in [0.2, 0.25) is 0 Å². The third-order valence-electron chi connectivity index (χ3n) is 5.78. The average molecular weight is 425 g/mol. The molecule has 1 saturated heterocycles. The second kappa shape index (κ2) is 8.96. The van der Waals surface area contributed by atoms with Crippen molar-refractivity contribution in [3.63, 3.8) is 0 Å². The highest BCUT2D eigenvalue weighted by Crippen LogP contribution is 2.32. The molecule has 2 fully saturated rings. The molecule has 1 heterocycles. The lowest BCUT2D eigenvalue weighted by Gasteiger charge is -2.30. The van der Waals surface area contributed by atoms with Crippen molar-refractivity contribution in [1.29, 1.82) is 0 Å². The van der Waals surface area contributed by atoms with Gasteiger partial charge in [-0.25, -0.2) is 4.39 Å². The minimum absolute atomic E-state index is 0.0571. The molecule has 1 aliphatic carbocycles. The number of nitrogens with zero attached hydrogens (tertiary/aromatic N) is 2. The van der Waals surface area contributed by atoms with E-state index in [-0.39, 0.29) is 24.4 Å². The third kappa shape index (κ3) is 4.10. The SMILES string of the molecule is CN1C(=S)N(C2CCCCC2)C(=O)/C1=C/c1ccccc1OCc1ccccc1F. The van der Waals surface area contributed by atoms with Gasteiger partial charge in [0.1, 0.15) is 23.9 Å². The number of amides is 1. The number of thiocarbonyl (C=S) groups is 1. The Hall–Kier alpha value is -2.73. The number of ether oxygens (including phenoxy) is 1. The van der Waals surface area contributed by atoms with Crippen LogP contribution >= 0.6 is 12.2 Å². The summed E-state index contributed by atoms with van der Waals surface area (Å²) in [6.07, 6.45) is 7.29. The molecule has 2 aromatic carbocycles. The summed E-state index contributed by atoms with van der Waals surface area (Å²) in [5.74, 6) is 0.238. The van der Waals surface area contributed by atoms with Gasteiger partial charge in [-0.05, 0) is 43.3 Å². The molecule has 0 unspecified atom stereocenters. The topological polar surface area (TPSA) is 32.8 Å². The molecule has 0 N–H and O–H groups in total. The summed E-state index contributed by atoms with van der Waals surface area (Å²) in [7, 11) is 1.83. The Balaban J connectivity index is 1.57. The number of halogens is 1. The Morgan fingerprint density at radius 1 is 1.10 bits per heavy atom. The first-order valence-corrected chi connectivity index (χ1v) is 10.8. The van der Waals surface area contributed by atoms with E-state index in [9.17, 15) is 9.18 Å². The van der Waals surface area contributed by atoms with Crippen molar-refractivity contribution in [3.8, 4) is 5.75 Å². The van der Waals surface area contributed by atoms with Gasteiger partial charge in [0, 0.05) is 24.2 Å². The van der Waals surface area contributed by atoms with Crippen LogP contribution < -0.4 is 4.74 Å². The quantitative estimate of drug-likeness (QED) is 0.492. The number of benzene rings is 2. The van der Waals surface area contributed by atoms with Gasteiger partial charge in [0.05, 0.1) is 0 Å². The zero-order valence-corrected chi connectivity index (χ0v) is 17.8. The summed E-state index contributed by atoms with van der Waals surface area (Å²) in [6, 6.07) is 14.2. The lowest BCUT2D eigenvalue weighted by Crippen LogP contribution is -2.41. The molecular weight excluding hydrogens is 399 g/mol. The zero-order valence-electron chi connectivity index (χ0n) is 17.0. The molecule has 2 aliphatic rings. The predicted octanol–water partition coefficient (Wildman–Crippen LogP) is 5.14. The molecule has 6 heteroatoms. The number of hydrogen-bond acceptors (Lipinski definition) is 3. The highest BCUT2D eigenvalue weighted by molar-refractivity contribution is 7.80. The fraction of sp³-hybridized carbons (Fsp3) is 0.333. The second-order valence-electron chi connectivity index (χ2n) is 7.76. The van der Waals surface area contributed by atoms with Gasteiger partial charge in [-0.3, -0.25) is 9.69 Å². The van der Waals surface area contributed by atoms with Gasteiger partial charge in [0.25, 0.3) is 5.91 Å². The van der Waals surface area contributed by atoms with Crippen molar-refractivity contribution in [2.24, 2.45) is 0 Å². The normalized spacial score (nSPS) is 19.1. The fourth-order valence-electron chi connectivity index (χ4n) is 4.09. The van der Waals surface area contributed by atoms with Crippen LogP contribution in [0.15, 0.2) is 54.2 Å². The van der Waals surface area contributed by atoms with E-state index in [1.165, 1.54) is 12.5 Å². The summed E-state index contributed by atoms with van der Waals surface area (Å²) in [4.78, 5) is 16.8. The Morgan fingerprint density at radius 3 is 2.57 bits per heavy atom. The molecular formula is C24H25FN2O2S. The van der Waals surface area contributed by atoms with E-state index in [0.29, 0.717) is 22.1 Å². The first kappa shape index (κ1) is 20.5. The molecule has 1 saturated carbocycles. The Morgan fingerprint density at radius 2 is 1.80 bits per heavy atom. The van der Waals surface area contributed by atoms with E-state index < -0.39 is 0 Å². The van der Waals surface area contributed by atoms with Crippen molar-refractivity contribution >= 4 is 29.3 Å². The summed E-state index contributed by atoms with van der Waals surface area (Å²) < 4.78 is 19.8. The minimum atomic E-state index is -0.299. The van der Waals surface area contributed by atoms with E-state index in [1.807, 2.05) is 37.4 Å². The van der Waals surface area contributed by atoms with Crippen molar-refractivity contribution in [1.82, 2.24) is 9.80 Å². The van der Waals surface area contributed by atoms with Gasteiger partial charge >= 0.3 is 0 Å². The molecule has 0 bridgehead atoms. The number of hydrogen-bond donors (Lipinski definition) is 0.